The van der Waals surface area contributed by atoms with E-state index in [1.54, 1.807) is 0 Å². The summed E-state index contributed by atoms with van der Waals surface area (Å²) in [6.07, 6.45) is 8.33. The van der Waals surface area contributed by atoms with Gasteiger partial charge in [0, 0.05) is 3.92 Å². The molecule has 120 valence electrons. The van der Waals surface area contributed by atoms with Crippen LogP contribution >= 0.6 is 22.6 Å². The van der Waals surface area contributed by atoms with E-state index in [1.165, 1.54) is 44.1 Å². The lowest BCUT2D eigenvalue weighted by atomic mass is 9.50. The predicted octanol–water partition coefficient (Wildman–Crippen LogP) is 6.17. The molecule has 0 saturated heterocycles. The number of ether oxygens (including phenoxy) is 1. The summed E-state index contributed by atoms with van der Waals surface area (Å²) in [6, 6.07) is 8.92. The van der Waals surface area contributed by atoms with Crippen molar-refractivity contribution in [1.29, 1.82) is 0 Å². The van der Waals surface area contributed by atoms with Crippen molar-refractivity contribution in [3.63, 3.8) is 0 Å². The third kappa shape index (κ3) is 2.50. The molecule has 5 rings (SSSR count). The molecule has 2 heteroatoms. The third-order valence-electron chi connectivity index (χ3n) is 6.70. The number of rotatable bonds is 4. The van der Waals surface area contributed by atoms with Crippen LogP contribution in [0.4, 0.5) is 0 Å². The van der Waals surface area contributed by atoms with Crippen molar-refractivity contribution >= 4 is 22.6 Å². The molecule has 1 unspecified atom stereocenters. The van der Waals surface area contributed by atoms with E-state index < -0.39 is 0 Å². The second-order valence-electron chi connectivity index (χ2n) is 8.04. The summed E-state index contributed by atoms with van der Waals surface area (Å²) in [5, 5.41) is 0. The number of benzene rings is 1. The first-order valence-electron chi connectivity index (χ1n) is 9.01. The van der Waals surface area contributed by atoms with Gasteiger partial charge in [0.2, 0.25) is 0 Å². The van der Waals surface area contributed by atoms with Crippen LogP contribution in [-0.2, 0) is 0 Å². The molecule has 0 radical (unpaired) electrons. The Bertz CT molecular complexity index is 507. The zero-order valence-corrected chi connectivity index (χ0v) is 15.9. The largest absolute Gasteiger partial charge is 0.487 e. The molecule has 0 N–H and O–H groups in total. The molecule has 4 aliphatic rings. The summed E-state index contributed by atoms with van der Waals surface area (Å²) in [6.45, 7) is 4.65. The van der Waals surface area contributed by atoms with Gasteiger partial charge in [-0.1, -0.05) is 41.6 Å². The van der Waals surface area contributed by atoms with Crippen molar-refractivity contribution < 1.29 is 4.74 Å². The lowest BCUT2D eigenvalue weighted by Gasteiger charge is -2.59. The third-order valence-corrected chi connectivity index (χ3v) is 8.30. The maximum Gasteiger partial charge on any atom is 0.120 e. The second-order valence-corrected chi connectivity index (χ2v) is 9.54. The molecule has 4 aliphatic carbocycles. The highest BCUT2D eigenvalue weighted by atomic mass is 127. The maximum atomic E-state index is 6.64. The van der Waals surface area contributed by atoms with Crippen LogP contribution < -0.4 is 4.74 Å². The minimum atomic E-state index is 0.0867. The van der Waals surface area contributed by atoms with E-state index in [2.05, 4.69) is 60.7 Å². The SMILES string of the molecule is CCC(I)c1ccc(OC2(C)C3CC4CC(C3)CC2C4)cc1. The summed E-state index contributed by atoms with van der Waals surface area (Å²) in [5.74, 6) is 4.67. The van der Waals surface area contributed by atoms with Gasteiger partial charge in [-0.2, -0.15) is 0 Å². The molecule has 1 aromatic carbocycles. The highest BCUT2D eigenvalue weighted by Crippen LogP contribution is 2.59. The van der Waals surface area contributed by atoms with E-state index in [0.717, 1.165) is 29.4 Å². The molecule has 0 spiro atoms. The minimum Gasteiger partial charge on any atom is -0.487 e. The molecular formula is C20H27IO. The van der Waals surface area contributed by atoms with E-state index in [9.17, 15) is 0 Å². The number of hydrogen-bond donors (Lipinski definition) is 0. The van der Waals surface area contributed by atoms with Crippen LogP contribution in [0.2, 0.25) is 0 Å². The fraction of sp³-hybridized carbons (Fsp3) is 0.700. The smallest absolute Gasteiger partial charge is 0.120 e. The monoisotopic (exact) mass is 410 g/mol. The minimum absolute atomic E-state index is 0.0867. The van der Waals surface area contributed by atoms with Crippen LogP contribution in [0.3, 0.4) is 0 Å². The average molecular weight is 410 g/mol. The van der Waals surface area contributed by atoms with Gasteiger partial charge in [-0.05, 0) is 86.8 Å². The molecule has 4 fully saturated rings. The van der Waals surface area contributed by atoms with Gasteiger partial charge >= 0.3 is 0 Å². The Balaban J connectivity index is 1.53. The van der Waals surface area contributed by atoms with Gasteiger partial charge in [-0.15, -0.1) is 0 Å². The van der Waals surface area contributed by atoms with Crippen LogP contribution in [0.5, 0.6) is 5.75 Å². The number of halogens is 1. The number of alkyl halides is 1. The first-order chi connectivity index (χ1) is 10.6. The normalized spacial score (nSPS) is 40.7. The molecule has 4 bridgehead atoms. The summed E-state index contributed by atoms with van der Waals surface area (Å²) >= 11 is 2.53. The second kappa shape index (κ2) is 5.68. The topological polar surface area (TPSA) is 9.23 Å². The molecule has 1 aromatic rings. The van der Waals surface area contributed by atoms with Crippen LogP contribution in [0.15, 0.2) is 24.3 Å². The van der Waals surface area contributed by atoms with Gasteiger partial charge in [-0.3, -0.25) is 0 Å². The average Bonchev–Trinajstić information content (AvgIpc) is 2.52. The standard InChI is InChI=1S/C20H27IO/c1-3-19(21)15-4-6-18(7-5-15)22-20(2)16-9-13-8-14(11-16)12-17(20)10-13/h4-7,13-14,16-17,19H,3,8-12H2,1-2H3. The van der Waals surface area contributed by atoms with E-state index in [1.807, 2.05) is 0 Å². The van der Waals surface area contributed by atoms with Gasteiger partial charge in [0.15, 0.2) is 0 Å². The summed E-state index contributed by atoms with van der Waals surface area (Å²) < 4.78 is 7.26. The Hall–Kier alpha value is -0.250. The highest BCUT2D eigenvalue weighted by molar-refractivity contribution is 14.1. The Labute approximate surface area is 148 Å². The van der Waals surface area contributed by atoms with E-state index in [-0.39, 0.29) is 5.60 Å². The fourth-order valence-corrected chi connectivity index (χ4v) is 5.94. The van der Waals surface area contributed by atoms with Gasteiger partial charge in [-0.25, -0.2) is 0 Å². The number of hydrogen-bond acceptors (Lipinski definition) is 1. The predicted molar refractivity (Wildman–Crippen MR) is 99.6 cm³/mol. The lowest BCUT2D eigenvalue weighted by Crippen LogP contribution is -2.59. The molecule has 4 saturated carbocycles. The van der Waals surface area contributed by atoms with Crippen LogP contribution in [0.1, 0.15) is 61.9 Å². The van der Waals surface area contributed by atoms with Crippen LogP contribution in [-0.4, -0.2) is 5.60 Å². The van der Waals surface area contributed by atoms with Crippen molar-refractivity contribution in [1.82, 2.24) is 0 Å². The molecule has 0 aliphatic heterocycles. The summed E-state index contributed by atoms with van der Waals surface area (Å²) in [4.78, 5) is 0. The maximum absolute atomic E-state index is 6.64. The summed E-state index contributed by atoms with van der Waals surface area (Å²) in [7, 11) is 0. The highest BCUT2D eigenvalue weighted by Gasteiger charge is 2.56. The van der Waals surface area contributed by atoms with Crippen LogP contribution in [0, 0.1) is 23.7 Å². The van der Waals surface area contributed by atoms with Crippen molar-refractivity contribution in [3.8, 4) is 5.75 Å². The van der Waals surface area contributed by atoms with Crippen molar-refractivity contribution in [2.24, 2.45) is 23.7 Å². The van der Waals surface area contributed by atoms with Crippen molar-refractivity contribution in [2.75, 3.05) is 0 Å². The zero-order valence-electron chi connectivity index (χ0n) is 13.7. The van der Waals surface area contributed by atoms with Crippen LogP contribution in [0.25, 0.3) is 0 Å². The quantitative estimate of drug-likeness (QED) is 0.426. The first-order valence-corrected chi connectivity index (χ1v) is 10.3. The van der Waals surface area contributed by atoms with E-state index >= 15 is 0 Å². The Kier molecular flexibility index (Phi) is 3.95. The van der Waals surface area contributed by atoms with Gasteiger partial charge in [0.1, 0.15) is 11.4 Å². The summed E-state index contributed by atoms with van der Waals surface area (Å²) in [5.41, 5.74) is 1.51. The molecule has 1 atom stereocenters. The molecular weight excluding hydrogens is 383 g/mol. The molecule has 0 heterocycles. The van der Waals surface area contributed by atoms with Gasteiger partial charge in [0.05, 0.1) is 0 Å². The van der Waals surface area contributed by atoms with Crippen molar-refractivity contribution in [3.05, 3.63) is 29.8 Å². The van der Waals surface area contributed by atoms with E-state index in [4.69, 9.17) is 4.74 Å². The Morgan fingerprint density at radius 2 is 1.59 bits per heavy atom. The van der Waals surface area contributed by atoms with Gasteiger partial charge in [0.25, 0.3) is 0 Å². The molecule has 0 aromatic heterocycles. The Morgan fingerprint density at radius 1 is 1.05 bits per heavy atom. The fourth-order valence-electron chi connectivity index (χ4n) is 5.52. The molecule has 0 amide bonds. The Morgan fingerprint density at radius 3 is 2.09 bits per heavy atom. The van der Waals surface area contributed by atoms with Gasteiger partial charge < -0.3 is 4.74 Å². The zero-order chi connectivity index (χ0) is 15.3. The van der Waals surface area contributed by atoms with Crippen molar-refractivity contribution in [2.45, 2.75) is 61.9 Å². The van der Waals surface area contributed by atoms with E-state index in [0.29, 0.717) is 3.92 Å². The lowest BCUT2D eigenvalue weighted by molar-refractivity contribution is -0.145. The molecule has 22 heavy (non-hydrogen) atoms. The molecule has 1 nitrogen and oxygen atoms in total. The first kappa shape index (κ1) is 15.3.